The van der Waals surface area contributed by atoms with Crippen molar-refractivity contribution in [3.63, 3.8) is 0 Å². The topological polar surface area (TPSA) is 84.3 Å². The van der Waals surface area contributed by atoms with Crippen LogP contribution >= 0.6 is 0 Å². The second kappa shape index (κ2) is 8.14. The van der Waals surface area contributed by atoms with E-state index in [0.29, 0.717) is 5.56 Å². The molecule has 0 aliphatic carbocycles. The highest BCUT2D eigenvalue weighted by atomic mass is 19.1. The molecule has 2 aromatic carbocycles. The Morgan fingerprint density at radius 3 is 2.71 bits per heavy atom. The smallest absolute Gasteiger partial charge is 0.278 e. The first kappa shape index (κ1) is 20.5. The standard InChI is InChI=1S/C23H21FN4O3/c1-14-7-8-17(12-18(14)24)25-21(29)13-27-22(30)10-9-19(26-27)23(31)28-15(2)11-16-5-3-4-6-20(16)28/h3-10,12,15H,11,13H2,1-2H3,(H,25,29)/t15-/m1/s1. The SMILES string of the molecule is Cc1ccc(NC(=O)Cn2nc(C(=O)N3c4ccccc4C[C@H]3C)ccc2=O)cc1F. The Morgan fingerprint density at radius 2 is 1.94 bits per heavy atom. The van der Waals surface area contributed by atoms with Gasteiger partial charge in [0, 0.05) is 23.5 Å². The summed E-state index contributed by atoms with van der Waals surface area (Å²) >= 11 is 0. The molecule has 2 amide bonds. The Hall–Kier alpha value is -3.81. The van der Waals surface area contributed by atoms with Gasteiger partial charge in [0.1, 0.15) is 18.1 Å². The van der Waals surface area contributed by atoms with Crippen LogP contribution in [0.25, 0.3) is 0 Å². The van der Waals surface area contributed by atoms with Crippen molar-refractivity contribution in [3.8, 4) is 0 Å². The van der Waals surface area contributed by atoms with Crippen LogP contribution in [0.3, 0.4) is 0 Å². The number of aromatic nitrogens is 2. The van der Waals surface area contributed by atoms with E-state index in [4.69, 9.17) is 0 Å². The molecule has 1 aromatic heterocycles. The molecule has 158 valence electrons. The number of carbonyl (C=O) groups is 2. The van der Waals surface area contributed by atoms with E-state index in [0.717, 1.165) is 22.4 Å². The van der Waals surface area contributed by atoms with Crippen molar-refractivity contribution >= 4 is 23.2 Å². The number of benzene rings is 2. The fraction of sp³-hybridized carbons (Fsp3) is 0.217. The van der Waals surface area contributed by atoms with Gasteiger partial charge in [-0.25, -0.2) is 9.07 Å². The van der Waals surface area contributed by atoms with Crippen molar-refractivity contribution in [2.45, 2.75) is 32.9 Å². The average molecular weight is 420 g/mol. The summed E-state index contributed by atoms with van der Waals surface area (Å²) in [6.07, 6.45) is 0.733. The average Bonchev–Trinajstić information content (AvgIpc) is 3.07. The Morgan fingerprint density at radius 1 is 1.16 bits per heavy atom. The first-order valence-corrected chi connectivity index (χ1v) is 9.89. The minimum absolute atomic E-state index is 0.0492. The molecule has 8 heteroatoms. The van der Waals surface area contributed by atoms with E-state index >= 15 is 0 Å². The van der Waals surface area contributed by atoms with Gasteiger partial charge < -0.3 is 10.2 Å². The third-order valence-electron chi connectivity index (χ3n) is 5.26. The van der Waals surface area contributed by atoms with Gasteiger partial charge in [-0.3, -0.25) is 14.4 Å². The van der Waals surface area contributed by atoms with Crippen molar-refractivity contribution in [3.05, 3.63) is 87.6 Å². The summed E-state index contributed by atoms with van der Waals surface area (Å²) in [4.78, 5) is 39.3. The fourth-order valence-electron chi connectivity index (χ4n) is 3.68. The Balaban J connectivity index is 1.54. The third-order valence-corrected chi connectivity index (χ3v) is 5.26. The number of halogens is 1. The van der Waals surface area contributed by atoms with Crippen molar-refractivity contribution < 1.29 is 14.0 Å². The predicted octanol–water partition coefficient (Wildman–Crippen LogP) is 2.92. The quantitative estimate of drug-likeness (QED) is 0.703. The van der Waals surface area contributed by atoms with Gasteiger partial charge in [0.2, 0.25) is 5.91 Å². The zero-order valence-electron chi connectivity index (χ0n) is 17.1. The van der Waals surface area contributed by atoms with Crippen LogP contribution in [0.2, 0.25) is 0 Å². The number of nitrogens with zero attached hydrogens (tertiary/aromatic N) is 3. The monoisotopic (exact) mass is 420 g/mol. The summed E-state index contributed by atoms with van der Waals surface area (Å²) in [7, 11) is 0. The minimum atomic E-state index is -0.553. The summed E-state index contributed by atoms with van der Waals surface area (Å²) in [6.45, 7) is 3.16. The van der Waals surface area contributed by atoms with Gasteiger partial charge in [-0.1, -0.05) is 24.3 Å². The number of amides is 2. The molecule has 0 bridgehead atoms. The van der Waals surface area contributed by atoms with Gasteiger partial charge in [0.05, 0.1) is 0 Å². The summed E-state index contributed by atoms with van der Waals surface area (Å²) in [6, 6.07) is 14.5. The van der Waals surface area contributed by atoms with Gasteiger partial charge in [-0.2, -0.15) is 5.10 Å². The van der Waals surface area contributed by atoms with Gasteiger partial charge >= 0.3 is 0 Å². The summed E-state index contributed by atoms with van der Waals surface area (Å²) < 4.78 is 14.6. The normalized spacial score (nSPS) is 14.9. The molecule has 0 fully saturated rings. The number of nitrogens with one attached hydrogen (secondary N) is 1. The molecule has 31 heavy (non-hydrogen) atoms. The van der Waals surface area contributed by atoms with Crippen LogP contribution < -0.4 is 15.8 Å². The van der Waals surface area contributed by atoms with E-state index in [2.05, 4.69) is 10.4 Å². The Labute approximate surface area is 178 Å². The number of carbonyl (C=O) groups excluding carboxylic acids is 2. The molecule has 1 aliphatic rings. The molecule has 1 atom stereocenters. The predicted molar refractivity (Wildman–Crippen MR) is 115 cm³/mol. The molecule has 0 radical (unpaired) electrons. The zero-order chi connectivity index (χ0) is 22.1. The first-order valence-electron chi connectivity index (χ1n) is 9.89. The van der Waals surface area contributed by atoms with Crippen LogP contribution in [-0.2, 0) is 17.8 Å². The van der Waals surface area contributed by atoms with Crippen LogP contribution in [0.1, 0.15) is 28.5 Å². The molecule has 7 nitrogen and oxygen atoms in total. The summed E-state index contributed by atoms with van der Waals surface area (Å²) in [5, 5.41) is 6.65. The van der Waals surface area contributed by atoms with E-state index in [1.807, 2.05) is 31.2 Å². The number of rotatable bonds is 4. The van der Waals surface area contributed by atoms with Crippen LogP contribution in [-0.4, -0.2) is 27.6 Å². The molecule has 3 aromatic rings. The van der Waals surface area contributed by atoms with Gasteiger partial charge in [0.15, 0.2) is 0 Å². The minimum Gasteiger partial charge on any atom is -0.324 e. The molecular weight excluding hydrogens is 399 g/mol. The van der Waals surface area contributed by atoms with Crippen molar-refractivity contribution in [1.82, 2.24) is 9.78 Å². The molecule has 0 saturated heterocycles. The number of aryl methyl sites for hydroxylation is 1. The number of fused-ring (bicyclic) bond motifs is 1. The Bertz CT molecular complexity index is 1240. The highest BCUT2D eigenvalue weighted by Gasteiger charge is 2.32. The van der Waals surface area contributed by atoms with Crippen LogP contribution in [0.5, 0.6) is 0 Å². The zero-order valence-corrected chi connectivity index (χ0v) is 17.1. The van der Waals surface area contributed by atoms with Crippen molar-refractivity contribution in [1.29, 1.82) is 0 Å². The molecule has 2 heterocycles. The first-order chi connectivity index (χ1) is 14.8. The maximum atomic E-state index is 13.7. The lowest BCUT2D eigenvalue weighted by Crippen LogP contribution is -2.38. The molecular formula is C23H21FN4O3. The van der Waals surface area contributed by atoms with E-state index in [9.17, 15) is 18.8 Å². The lowest BCUT2D eigenvalue weighted by atomic mass is 10.1. The number of anilines is 2. The lowest BCUT2D eigenvalue weighted by molar-refractivity contribution is -0.117. The molecule has 1 N–H and O–H groups in total. The molecule has 1 aliphatic heterocycles. The summed E-state index contributed by atoms with van der Waals surface area (Å²) in [5.41, 5.74) is 2.17. The van der Waals surface area contributed by atoms with E-state index < -0.39 is 23.8 Å². The number of hydrogen-bond donors (Lipinski definition) is 1. The van der Waals surface area contributed by atoms with Crippen LogP contribution in [0, 0.1) is 12.7 Å². The number of para-hydroxylation sites is 1. The molecule has 0 saturated carbocycles. The van der Waals surface area contributed by atoms with E-state index in [-0.39, 0.29) is 23.3 Å². The maximum Gasteiger partial charge on any atom is 0.278 e. The van der Waals surface area contributed by atoms with Gasteiger partial charge in [0.25, 0.3) is 11.5 Å². The molecule has 0 unspecified atom stereocenters. The highest BCUT2D eigenvalue weighted by molar-refractivity contribution is 6.06. The number of hydrogen-bond acceptors (Lipinski definition) is 4. The van der Waals surface area contributed by atoms with Crippen LogP contribution in [0.15, 0.2) is 59.4 Å². The Kier molecular flexibility index (Phi) is 5.37. The van der Waals surface area contributed by atoms with Crippen molar-refractivity contribution in [2.75, 3.05) is 10.2 Å². The third kappa shape index (κ3) is 4.09. The largest absolute Gasteiger partial charge is 0.324 e. The second-order valence-corrected chi connectivity index (χ2v) is 7.58. The van der Waals surface area contributed by atoms with Crippen molar-refractivity contribution in [2.24, 2.45) is 0 Å². The maximum absolute atomic E-state index is 13.7. The highest BCUT2D eigenvalue weighted by Crippen LogP contribution is 2.32. The lowest BCUT2D eigenvalue weighted by Gasteiger charge is -2.22. The van der Waals surface area contributed by atoms with Gasteiger partial charge in [-0.15, -0.1) is 0 Å². The molecule has 4 rings (SSSR count). The van der Waals surface area contributed by atoms with E-state index in [1.165, 1.54) is 18.2 Å². The van der Waals surface area contributed by atoms with E-state index in [1.54, 1.807) is 24.0 Å². The van der Waals surface area contributed by atoms with Gasteiger partial charge in [-0.05, 0) is 55.7 Å². The second-order valence-electron chi connectivity index (χ2n) is 7.58. The fourth-order valence-corrected chi connectivity index (χ4v) is 3.68. The molecule has 0 spiro atoms. The summed E-state index contributed by atoms with van der Waals surface area (Å²) in [5.74, 6) is -1.34. The van der Waals surface area contributed by atoms with Crippen LogP contribution in [0.4, 0.5) is 15.8 Å².